The summed E-state index contributed by atoms with van der Waals surface area (Å²) in [5, 5.41) is 47.3. The van der Waals surface area contributed by atoms with E-state index >= 15 is 0 Å². The molecule has 108 valence electrons. The molecule has 6 nitrogen and oxygen atoms in total. The van der Waals surface area contributed by atoms with E-state index in [4.69, 9.17) is 10.2 Å². The Morgan fingerprint density at radius 2 is 1.29 bits per heavy atom. The number of ketones is 1. The minimum atomic E-state index is -0.711. The molecule has 0 spiro atoms. The summed E-state index contributed by atoms with van der Waals surface area (Å²) in [5.41, 5.74) is -0.156. The van der Waals surface area contributed by atoms with Crippen molar-refractivity contribution in [2.45, 2.75) is 0 Å². The van der Waals surface area contributed by atoms with Crippen LogP contribution in [-0.2, 0) is 0 Å². The molecule has 2 rings (SSSR count). The zero-order valence-corrected chi connectivity index (χ0v) is 10.7. The first-order valence-corrected chi connectivity index (χ1v) is 5.88. The van der Waals surface area contributed by atoms with Gasteiger partial charge in [-0.15, -0.1) is 0 Å². The molecule has 0 aliphatic heterocycles. The number of hydrogen-bond donors (Lipinski definition) is 5. The molecule has 2 aromatic carbocycles. The van der Waals surface area contributed by atoms with E-state index in [1.807, 2.05) is 0 Å². The van der Waals surface area contributed by atoms with Crippen molar-refractivity contribution in [2.75, 3.05) is 0 Å². The Hall–Kier alpha value is -3.15. The molecule has 0 heterocycles. The molecule has 0 saturated heterocycles. The summed E-state index contributed by atoms with van der Waals surface area (Å²) in [5.74, 6) is -2.45. The third-order valence-corrected chi connectivity index (χ3v) is 2.77. The first-order valence-electron chi connectivity index (χ1n) is 5.88. The molecule has 2 aromatic rings. The lowest BCUT2D eigenvalue weighted by Gasteiger charge is -2.05. The fourth-order valence-corrected chi connectivity index (χ4v) is 1.74. The van der Waals surface area contributed by atoms with Gasteiger partial charge in [0, 0.05) is 18.2 Å². The Bertz CT molecular complexity index is 733. The smallest absolute Gasteiger partial charge is 0.193 e. The van der Waals surface area contributed by atoms with Crippen LogP contribution in [0, 0.1) is 0 Å². The molecule has 6 heteroatoms. The van der Waals surface area contributed by atoms with Crippen LogP contribution in [-0.4, -0.2) is 31.3 Å². The molecule has 0 atom stereocenters. The summed E-state index contributed by atoms with van der Waals surface area (Å²) in [6.45, 7) is 0. The molecular formula is C15H12O6. The van der Waals surface area contributed by atoms with E-state index in [1.54, 1.807) is 0 Å². The molecule has 0 unspecified atom stereocenters. The number of allylic oxidation sites excluding steroid dienone is 1. The van der Waals surface area contributed by atoms with Gasteiger partial charge in [-0.3, -0.25) is 4.79 Å². The summed E-state index contributed by atoms with van der Waals surface area (Å²) >= 11 is 0. The van der Waals surface area contributed by atoms with Crippen LogP contribution in [0.1, 0.15) is 15.9 Å². The maximum Gasteiger partial charge on any atom is 0.193 e. The first kappa shape index (κ1) is 14.3. The number of aliphatic hydroxyl groups is 1. The predicted octanol–water partition coefficient (Wildman–Crippen LogP) is 2.29. The fourth-order valence-electron chi connectivity index (χ4n) is 1.74. The lowest BCUT2D eigenvalue weighted by Crippen LogP contribution is -1.97. The van der Waals surface area contributed by atoms with E-state index < -0.39 is 23.0 Å². The van der Waals surface area contributed by atoms with E-state index in [1.165, 1.54) is 24.3 Å². The van der Waals surface area contributed by atoms with Crippen molar-refractivity contribution in [3.63, 3.8) is 0 Å². The average molecular weight is 288 g/mol. The highest BCUT2D eigenvalue weighted by atomic mass is 16.3. The van der Waals surface area contributed by atoms with Gasteiger partial charge in [0.25, 0.3) is 0 Å². The normalized spacial score (nSPS) is 11.3. The number of aromatic hydroxyl groups is 4. The number of carbonyl (C=O) groups excluding carboxylic acids is 1. The summed E-state index contributed by atoms with van der Waals surface area (Å²) in [4.78, 5) is 11.9. The van der Waals surface area contributed by atoms with Gasteiger partial charge in [0.15, 0.2) is 5.78 Å². The van der Waals surface area contributed by atoms with Crippen LogP contribution < -0.4 is 0 Å². The molecule has 0 saturated carbocycles. The van der Waals surface area contributed by atoms with Crippen molar-refractivity contribution < 1.29 is 30.3 Å². The highest BCUT2D eigenvalue weighted by molar-refractivity contribution is 6.09. The maximum atomic E-state index is 11.9. The van der Waals surface area contributed by atoms with E-state index in [0.717, 1.165) is 18.2 Å². The standard InChI is InChI=1S/C15H12O6/c16-8-1-3-10(12(18)5-8)14(20)7-15(21)11-4-2-9(17)6-13(11)19/h1-7,16-20H. The van der Waals surface area contributed by atoms with E-state index in [-0.39, 0.29) is 22.6 Å². The minimum Gasteiger partial charge on any atom is -0.508 e. The Morgan fingerprint density at radius 1 is 0.810 bits per heavy atom. The van der Waals surface area contributed by atoms with Gasteiger partial charge >= 0.3 is 0 Å². The molecular weight excluding hydrogens is 276 g/mol. The molecule has 21 heavy (non-hydrogen) atoms. The van der Waals surface area contributed by atoms with E-state index in [9.17, 15) is 20.1 Å². The van der Waals surface area contributed by atoms with Crippen molar-refractivity contribution in [1.29, 1.82) is 0 Å². The van der Waals surface area contributed by atoms with Gasteiger partial charge in [-0.1, -0.05) is 0 Å². The molecule has 0 amide bonds. The largest absolute Gasteiger partial charge is 0.508 e. The van der Waals surface area contributed by atoms with Gasteiger partial charge in [-0.25, -0.2) is 0 Å². The second-order valence-corrected chi connectivity index (χ2v) is 4.30. The summed E-state index contributed by atoms with van der Waals surface area (Å²) in [6, 6.07) is 6.91. The van der Waals surface area contributed by atoms with Crippen molar-refractivity contribution in [3.05, 3.63) is 53.6 Å². The molecule has 0 aliphatic rings. The number of aliphatic hydroxyl groups excluding tert-OH is 1. The minimum absolute atomic E-state index is 0.0422. The highest BCUT2D eigenvalue weighted by Crippen LogP contribution is 2.28. The molecule has 0 bridgehead atoms. The zero-order valence-electron chi connectivity index (χ0n) is 10.7. The van der Waals surface area contributed by atoms with Crippen LogP contribution in [0.3, 0.4) is 0 Å². The van der Waals surface area contributed by atoms with Crippen molar-refractivity contribution in [2.24, 2.45) is 0 Å². The molecule has 0 fully saturated rings. The lowest BCUT2D eigenvalue weighted by atomic mass is 10.1. The second kappa shape index (κ2) is 5.46. The molecule has 0 aliphatic carbocycles. The van der Waals surface area contributed by atoms with Gasteiger partial charge in [0.05, 0.1) is 11.1 Å². The van der Waals surface area contributed by atoms with Gasteiger partial charge in [0.1, 0.15) is 28.8 Å². The Labute approximate surface area is 119 Å². The molecule has 0 radical (unpaired) electrons. The topological polar surface area (TPSA) is 118 Å². The van der Waals surface area contributed by atoms with Crippen LogP contribution in [0.2, 0.25) is 0 Å². The van der Waals surface area contributed by atoms with E-state index in [2.05, 4.69) is 0 Å². The van der Waals surface area contributed by atoms with Crippen LogP contribution in [0.25, 0.3) is 5.76 Å². The van der Waals surface area contributed by atoms with Crippen LogP contribution in [0.4, 0.5) is 0 Å². The Balaban J connectivity index is 2.36. The number of rotatable bonds is 3. The Morgan fingerprint density at radius 3 is 1.76 bits per heavy atom. The SMILES string of the molecule is O=C(C=C(O)c1ccc(O)cc1O)c1ccc(O)cc1O. The van der Waals surface area contributed by atoms with Gasteiger partial charge in [-0.05, 0) is 24.3 Å². The molecule has 5 N–H and O–H groups in total. The number of benzene rings is 2. The van der Waals surface area contributed by atoms with E-state index in [0.29, 0.717) is 0 Å². The number of hydrogen-bond acceptors (Lipinski definition) is 6. The van der Waals surface area contributed by atoms with Gasteiger partial charge < -0.3 is 25.5 Å². The zero-order chi connectivity index (χ0) is 15.6. The Kier molecular flexibility index (Phi) is 3.71. The predicted molar refractivity (Wildman–Crippen MR) is 74.5 cm³/mol. The maximum absolute atomic E-state index is 11.9. The second-order valence-electron chi connectivity index (χ2n) is 4.30. The average Bonchev–Trinajstić information content (AvgIpc) is 2.37. The lowest BCUT2D eigenvalue weighted by molar-refractivity contribution is 0.104. The fraction of sp³-hybridized carbons (Fsp3) is 0. The third-order valence-electron chi connectivity index (χ3n) is 2.77. The number of phenolic OH excluding ortho intramolecular Hbond substituents is 4. The number of phenols is 4. The van der Waals surface area contributed by atoms with Crippen molar-refractivity contribution >= 4 is 11.5 Å². The monoisotopic (exact) mass is 288 g/mol. The van der Waals surface area contributed by atoms with Crippen LogP contribution in [0.5, 0.6) is 23.0 Å². The van der Waals surface area contributed by atoms with Crippen LogP contribution in [0.15, 0.2) is 42.5 Å². The van der Waals surface area contributed by atoms with Crippen molar-refractivity contribution in [3.8, 4) is 23.0 Å². The van der Waals surface area contributed by atoms with Gasteiger partial charge in [-0.2, -0.15) is 0 Å². The number of carbonyl (C=O) groups is 1. The van der Waals surface area contributed by atoms with Crippen molar-refractivity contribution in [1.82, 2.24) is 0 Å². The quantitative estimate of drug-likeness (QED) is 0.336. The summed E-state index contributed by atoms with van der Waals surface area (Å²) in [7, 11) is 0. The summed E-state index contributed by atoms with van der Waals surface area (Å²) < 4.78 is 0. The highest BCUT2D eigenvalue weighted by Gasteiger charge is 2.13. The summed E-state index contributed by atoms with van der Waals surface area (Å²) in [6.07, 6.45) is 0.818. The molecule has 0 aromatic heterocycles. The van der Waals surface area contributed by atoms with Crippen LogP contribution >= 0.6 is 0 Å². The van der Waals surface area contributed by atoms with Gasteiger partial charge in [0.2, 0.25) is 0 Å². The third kappa shape index (κ3) is 3.06. The first-order chi connectivity index (χ1) is 9.88.